The van der Waals surface area contributed by atoms with Crippen LogP contribution in [0.5, 0.6) is 5.75 Å². The third-order valence-electron chi connectivity index (χ3n) is 3.51. The minimum Gasteiger partial charge on any atom is -0.502 e. The number of rotatable bonds is 3. The van der Waals surface area contributed by atoms with Crippen molar-refractivity contribution in [2.75, 3.05) is 0 Å². The van der Waals surface area contributed by atoms with Crippen molar-refractivity contribution in [3.63, 3.8) is 0 Å². The van der Waals surface area contributed by atoms with Crippen LogP contribution < -0.4 is 5.43 Å². The molecule has 3 rings (SSSR count). The Morgan fingerprint density at radius 2 is 1.82 bits per heavy atom. The van der Waals surface area contributed by atoms with Crippen LogP contribution in [0.1, 0.15) is 11.7 Å². The maximum atomic E-state index is 12.5. The molecule has 0 spiro atoms. The first-order chi connectivity index (χ1) is 10.6. The molecule has 2 N–H and O–H groups in total. The lowest BCUT2D eigenvalue weighted by molar-refractivity contribution is 0.230. The summed E-state index contributed by atoms with van der Waals surface area (Å²) in [6.07, 6.45) is 0.310. The standard InChI is InChI=1S/C18H14O4/c1-2-13(19)12-9-6-10-14-15(12)16(20)17(21)18(22-14)11-7-4-3-5-8-11/h2-10,13,19,21H,1H2. The molecular weight excluding hydrogens is 280 g/mol. The Morgan fingerprint density at radius 1 is 1.09 bits per heavy atom. The van der Waals surface area contributed by atoms with Crippen LogP contribution in [-0.2, 0) is 0 Å². The minimum absolute atomic E-state index is 0.114. The lowest BCUT2D eigenvalue weighted by atomic mass is 10.0. The summed E-state index contributed by atoms with van der Waals surface area (Å²) in [5.41, 5.74) is 0.696. The Balaban J connectivity index is 2.36. The molecule has 0 fully saturated rings. The first-order valence-electron chi connectivity index (χ1n) is 6.78. The second kappa shape index (κ2) is 5.50. The van der Waals surface area contributed by atoms with Gasteiger partial charge in [-0.2, -0.15) is 0 Å². The predicted molar refractivity (Wildman–Crippen MR) is 84.7 cm³/mol. The van der Waals surface area contributed by atoms with E-state index in [1.165, 1.54) is 6.08 Å². The molecule has 0 saturated heterocycles. The Morgan fingerprint density at radius 3 is 2.50 bits per heavy atom. The summed E-state index contributed by atoms with van der Waals surface area (Å²) in [7, 11) is 0. The largest absolute Gasteiger partial charge is 0.502 e. The van der Waals surface area contributed by atoms with E-state index >= 15 is 0 Å². The second-order valence-corrected chi connectivity index (χ2v) is 4.88. The first kappa shape index (κ1) is 14.1. The lowest BCUT2D eigenvalue weighted by Crippen LogP contribution is -2.07. The summed E-state index contributed by atoms with van der Waals surface area (Å²) in [6, 6.07) is 13.8. The first-order valence-corrected chi connectivity index (χ1v) is 6.78. The molecule has 1 heterocycles. The fourth-order valence-electron chi connectivity index (χ4n) is 2.41. The Labute approximate surface area is 126 Å². The summed E-state index contributed by atoms with van der Waals surface area (Å²) < 4.78 is 5.70. The number of fused-ring (bicyclic) bond motifs is 1. The molecule has 0 bridgehead atoms. The van der Waals surface area contributed by atoms with Gasteiger partial charge in [-0.15, -0.1) is 6.58 Å². The highest BCUT2D eigenvalue weighted by Gasteiger charge is 2.19. The fourth-order valence-corrected chi connectivity index (χ4v) is 2.41. The highest BCUT2D eigenvalue weighted by Crippen LogP contribution is 2.32. The minimum atomic E-state index is -1.01. The molecule has 4 nitrogen and oxygen atoms in total. The van der Waals surface area contributed by atoms with Crippen LogP contribution in [0.3, 0.4) is 0 Å². The van der Waals surface area contributed by atoms with Crippen LogP contribution in [0.25, 0.3) is 22.3 Å². The van der Waals surface area contributed by atoms with Crippen molar-refractivity contribution in [2.24, 2.45) is 0 Å². The Kier molecular flexibility index (Phi) is 3.53. The number of hydrogen-bond acceptors (Lipinski definition) is 4. The molecule has 0 aliphatic carbocycles. The molecule has 1 unspecified atom stereocenters. The van der Waals surface area contributed by atoms with E-state index in [-0.39, 0.29) is 11.1 Å². The lowest BCUT2D eigenvalue weighted by Gasteiger charge is -2.11. The molecule has 110 valence electrons. The zero-order chi connectivity index (χ0) is 15.7. The van der Waals surface area contributed by atoms with Gasteiger partial charge in [-0.25, -0.2) is 0 Å². The quantitative estimate of drug-likeness (QED) is 0.726. The fraction of sp³-hybridized carbons (Fsp3) is 0.0556. The monoisotopic (exact) mass is 294 g/mol. The number of benzene rings is 2. The number of aromatic hydroxyl groups is 1. The van der Waals surface area contributed by atoms with E-state index < -0.39 is 17.3 Å². The molecule has 0 amide bonds. The summed E-state index contributed by atoms with van der Waals surface area (Å²) >= 11 is 0. The maximum Gasteiger partial charge on any atom is 0.235 e. The van der Waals surface area contributed by atoms with Gasteiger partial charge in [0.2, 0.25) is 11.2 Å². The number of aliphatic hydroxyl groups is 1. The van der Waals surface area contributed by atoms with Crippen LogP contribution >= 0.6 is 0 Å². The van der Waals surface area contributed by atoms with E-state index in [1.807, 2.05) is 6.07 Å². The van der Waals surface area contributed by atoms with Crippen molar-refractivity contribution in [1.82, 2.24) is 0 Å². The van der Waals surface area contributed by atoms with Gasteiger partial charge in [0.1, 0.15) is 5.58 Å². The Bertz CT molecular complexity index is 894. The van der Waals surface area contributed by atoms with E-state index in [1.54, 1.807) is 42.5 Å². The van der Waals surface area contributed by atoms with Crippen molar-refractivity contribution in [3.05, 3.63) is 77.0 Å². The summed E-state index contributed by atoms with van der Waals surface area (Å²) in [5.74, 6) is -0.356. The average molecular weight is 294 g/mol. The summed E-state index contributed by atoms with van der Waals surface area (Å²) in [5, 5.41) is 20.3. The topological polar surface area (TPSA) is 70.7 Å². The second-order valence-electron chi connectivity index (χ2n) is 4.88. The molecule has 22 heavy (non-hydrogen) atoms. The maximum absolute atomic E-state index is 12.5. The smallest absolute Gasteiger partial charge is 0.235 e. The molecule has 1 atom stereocenters. The van der Waals surface area contributed by atoms with Crippen molar-refractivity contribution in [1.29, 1.82) is 0 Å². The van der Waals surface area contributed by atoms with Gasteiger partial charge >= 0.3 is 0 Å². The van der Waals surface area contributed by atoms with Crippen molar-refractivity contribution < 1.29 is 14.6 Å². The zero-order valence-electron chi connectivity index (χ0n) is 11.7. The zero-order valence-corrected chi connectivity index (χ0v) is 11.7. The Hall–Kier alpha value is -2.85. The average Bonchev–Trinajstić information content (AvgIpc) is 2.57. The molecular formula is C18H14O4. The van der Waals surface area contributed by atoms with Gasteiger partial charge in [0.15, 0.2) is 5.76 Å². The van der Waals surface area contributed by atoms with E-state index in [0.717, 1.165) is 0 Å². The number of aliphatic hydroxyl groups excluding tert-OH is 1. The number of hydrogen-bond donors (Lipinski definition) is 2. The molecule has 0 saturated carbocycles. The van der Waals surface area contributed by atoms with Crippen LogP contribution in [-0.4, -0.2) is 10.2 Å². The van der Waals surface area contributed by atoms with Crippen LogP contribution in [0.4, 0.5) is 0 Å². The SMILES string of the molecule is C=CC(O)c1cccc2oc(-c3ccccc3)c(O)c(=O)c12. The van der Waals surface area contributed by atoms with Gasteiger partial charge in [-0.3, -0.25) is 4.79 Å². The van der Waals surface area contributed by atoms with Crippen molar-refractivity contribution in [3.8, 4) is 17.1 Å². The third-order valence-corrected chi connectivity index (χ3v) is 3.51. The van der Waals surface area contributed by atoms with E-state index in [9.17, 15) is 15.0 Å². The molecule has 0 aliphatic rings. The van der Waals surface area contributed by atoms with Crippen LogP contribution in [0, 0.1) is 0 Å². The summed E-state index contributed by atoms with van der Waals surface area (Å²) in [4.78, 5) is 12.5. The van der Waals surface area contributed by atoms with Gasteiger partial charge in [-0.05, 0) is 11.6 Å². The van der Waals surface area contributed by atoms with Crippen molar-refractivity contribution in [2.45, 2.75) is 6.10 Å². The third kappa shape index (κ3) is 2.19. The predicted octanol–water partition coefficient (Wildman–Crippen LogP) is 3.39. The molecule has 0 aliphatic heterocycles. The summed E-state index contributed by atoms with van der Waals surface area (Å²) in [6.45, 7) is 3.52. The van der Waals surface area contributed by atoms with Crippen LogP contribution in [0.2, 0.25) is 0 Å². The van der Waals surface area contributed by atoms with Gasteiger partial charge in [0, 0.05) is 5.56 Å². The van der Waals surface area contributed by atoms with Crippen LogP contribution in [0.15, 0.2) is 70.4 Å². The molecule has 4 heteroatoms. The molecule has 0 radical (unpaired) electrons. The highest BCUT2D eigenvalue weighted by molar-refractivity contribution is 5.85. The normalized spacial score (nSPS) is 12.2. The van der Waals surface area contributed by atoms with Gasteiger partial charge < -0.3 is 14.6 Å². The highest BCUT2D eigenvalue weighted by atomic mass is 16.4. The molecule has 3 aromatic rings. The van der Waals surface area contributed by atoms with E-state index in [2.05, 4.69) is 6.58 Å². The van der Waals surface area contributed by atoms with Gasteiger partial charge in [-0.1, -0.05) is 48.5 Å². The van der Waals surface area contributed by atoms with Crippen molar-refractivity contribution >= 4 is 11.0 Å². The molecule has 2 aromatic carbocycles. The van der Waals surface area contributed by atoms with E-state index in [4.69, 9.17) is 4.42 Å². The van der Waals surface area contributed by atoms with Gasteiger partial charge in [0.25, 0.3) is 0 Å². The van der Waals surface area contributed by atoms with E-state index in [0.29, 0.717) is 16.7 Å². The molecule has 1 aromatic heterocycles. The van der Waals surface area contributed by atoms with Gasteiger partial charge in [0.05, 0.1) is 11.5 Å².